The molecule has 0 bridgehead atoms. The number of nitrogens with one attached hydrogen (secondary N) is 1. The highest BCUT2D eigenvalue weighted by Crippen LogP contribution is 2.22. The molecule has 1 aromatic rings. The number of anilines is 1. The minimum absolute atomic E-state index is 0.285. The van der Waals surface area contributed by atoms with Crippen LogP contribution in [0.1, 0.15) is 28.9 Å². The Labute approximate surface area is 113 Å². The molecular formula is C14H21N3O2. The van der Waals surface area contributed by atoms with Gasteiger partial charge in [-0.1, -0.05) is 0 Å². The molecule has 2 rings (SSSR count). The summed E-state index contributed by atoms with van der Waals surface area (Å²) in [5, 5.41) is 12.2. The van der Waals surface area contributed by atoms with Gasteiger partial charge in [-0.3, -0.25) is 0 Å². The zero-order chi connectivity index (χ0) is 13.8. The quantitative estimate of drug-likeness (QED) is 0.862. The number of aromatic carboxylic acids is 1. The van der Waals surface area contributed by atoms with Crippen molar-refractivity contribution in [2.45, 2.75) is 19.8 Å². The van der Waals surface area contributed by atoms with E-state index >= 15 is 0 Å². The third-order valence-electron chi connectivity index (χ3n) is 3.64. The van der Waals surface area contributed by atoms with Crippen molar-refractivity contribution in [1.29, 1.82) is 0 Å². The number of aromatic nitrogens is 1. The second kappa shape index (κ2) is 6.02. The van der Waals surface area contributed by atoms with Gasteiger partial charge in [0.2, 0.25) is 0 Å². The smallest absolute Gasteiger partial charge is 0.337 e. The summed E-state index contributed by atoms with van der Waals surface area (Å²) in [6, 6.07) is 3.47. The summed E-state index contributed by atoms with van der Waals surface area (Å²) in [6.45, 7) is 4.75. The van der Waals surface area contributed by atoms with E-state index in [0.717, 1.165) is 31.9 Å². The van der Waals surface area contributed by atoms with Crippen LogP contribution in [-0.4, -0.2) is 42.7 Å². The van der Waals surface area contributed by atoms with Crippen LogP contribution in [0, 0.1) is 12.8 Å². The summed E-state index contributed by atoms with van der Waals surface area (Å²) in [5.41, 5.74) is 0.869. The predicted octanol–water partition coefficient (Wildman–Crippen LogP) is 1.52. The van der Waals surface area contributed by atoms with Crippen molar-refractivity contribution in [2.75, 3.05) is 31.6 Å². The van der Waals surface area contributed by atoms with Gasteiger partial charge in [0.25, 0.3) is 0 Å². The van der Waals surface area contributed by atoms with Gasteiger partial charge in [0.15, 0.2) is 0 Å². The van der Waals surface area contributed by atoms with Crippen molar-refractivity contribution in [1.82, 2.24) is 10.3 Å². The molecule has 1 aliphatic rings. The van der Waals surface area contributed by atoms with Crippen LogP contribution in [0.4, 0.5) is 5.82 Å². The lowest BCUT2D eigenvalue weighted by molar-refractivity contribution is 0.0695. The second-order valence-electron chi connectivity index (χ2n) is 5.12. The van der Waals surface area contributed by atoms with Crippen molar-refractivity contribution in [2.24, 2.45) is 5.92 Å². The van der Waals surface area contributed by atoms with E-state index in [9.17, 15) is 4.79 Å². The van der Waals surface area contributed by atoms with E-state index in [0.29, 0.717) is 11.6 Å². The Kier molecular flexibility index (Phi) is 4.37. The van der Waals surface area contributed by atoms with Gasteiger partial charge in [0, 0.05) is 13.1 Å². The van der Waals surface area contributed by atoms with Gasteiger partial charge in [0.1, 0.15) is 5.82 Å². The SMILES string of the molecule is CNCC1CCCN(c2ccc(C(=O)O)c(C)n2)C1. The van der Waals surface area contributed by atoms with Crippen molar-refractivity contribution >= 4 is 11.8 Å². The van der Waals surface area contributed by atoms with Gasteiger partial charge in [-0.15, -0.1) is 0 Å². The molecule has 0 aromatic carbocycles. The lowest BCUT2D eigenvalue weighted by Gasteiger charge is -2.33. The van der Waals surface area contributed by atoms with Crippen LogP contribution in [0.15, 0.2) is 12.1 Å². The minimum atomic E-state index is -0.914. The Morgan fingerprint density at radius 3 is 3.00 bits per heavy atom. The van der Waals surface area contributed by atoms with E-state index < -0.39 is 5.97 Å². The average molecular weight is 263 g/mol. The van der Waals surface area contributed by atoms with Gasteiger partial charge < -0.3 is 15.3 Å². The van der Waals surface area contributed by atoms with Crippen molar-refractivity contribution in [3.05, 3.63) is 23.4 Å². The topological polar surface area (TPSA) is 65.5 Å². The number of nitrogens with zero attached hydrogens (tertiary/aromatic N) is 2. The first-order valence-corrected chi connectivity index (χ1v) is 6.72. The van der Waals surface area contributed by atoms with E-state index in [1.807, 2.05) is 13.1 Å². The van der Waals surface area contributed by atoms with Crippen LogP contribution in [0.3, 0.4) is 0 Å². The molecule has 1 aliphatic heterocycles. The number of hydrogen-bond donors (Lipinski definition) is 2. The first-order chi connectivity index (χ1) is 9.11. The van der Waals surface area contributed by atoms with Gasteiger partial charge in [-0.2, -0.15) is 0 Å². The average Bonchev–Trinajstić information content (AvgIpc) is 2.39. The summed E-state index contributed by atoms with van der Waals surface area (Å²) < 4.78 is 0. The summed E-state index contributed by atoms with van der Waals surface area (Å²) in [7, 11) is 1.98. The van der Waals surface area contributed by atoms with Crippen molar-refractivity contribution < 1.29 is 9.90 Å². The molecule has 0 radical (unpaired) electrons. The third-order valence-corrected chi connectivity index (χ3v) is 3.64. The lowest BCUT2D eigenvalue weighted by atomic mass is 9.98. The standard InChI is InChI=1S/C14H21N3O2/c1-10-12(14(18)19)5-6-13(16-10)17-7-3-4-11(9-17)8-15-2/h5-6,11,15H,3-4,7-9H2,1-2H3,(H,18,19). The maximum absolute atomic E-state index is 11.0. The highest BCUT2D eigenvalue weighted by Gasteiger charge is 2.21. The Hall–Kier alpha value is -1.62. The number of pyridine rings is 1. The molecule has 1 saturated heterocycles. The van der Waals surface area contributed by atoms with E-state index in [4.69, 9.17) is 5.11 Å². The van der Waals surface area contributed by atoms with E-state index in [1.54, 1.807) is 13.0 Å². The summed E-state index contributed by atoms with van der Waals surface area (Å²) in [5.74, 6) is 0.617. The summed E-state index contributed by atoms with van der Waals surface area (Å²) in [6.07, 6.45) is 2.40. The van der Waals surface area contributed by atoms with Crippen LogP contribution < -0.4 is 10.2 Å². The Balaban J connectivity index is 2.13. The molecule has 2 heterocycles. The first kappa shape index (κ1) is 13.8. The number of carbonyl (C=O) groups is 1. The molecule has 1 fully saturated rings. The minimum Gasteiger partial charge on any atom is -0.478 e. The number of aryl methyl sites for hydroxylation is 1. The molecule has 19 heavy (non-hydrogen) atoms. The molecule has 5 nitrogen and oxygen atoms in total. The largest absolute Gasteiger partial charge is 0.478 e. The highest BCUT2D eigenvalue weighted by molar-refractivity contribution is 5.89. The molecule has 0 spiro atoms. The monoisotopic (exact) mass is 263 g/mol. The molecular weight excluding hydrogens is 242 g/mol. The Morgan fingerprint density at radius 2 is 2.37 bits per heavy atom. The van der Waals surface area contributed by atoms with Gasteiger partial charge in [-0.25, -0.2) is 9.78 Å². The van der Waals surface area contributed by atoms with Crippen molar-refractivity contribution in [3.8, 4) is 0 Å². The van der Waals surface area contributed by atoms with Crippen LogP contribution in [-0.2, 0) is 0 Å². The summed E-state index contributed by atoms with van der Waals surface area (Å²) in [4.78, 5) is 17.7. The maximum Gasteiger partial charge on any atom is 0.337 e. The van der Waals surface area contributed by atoms with E-state index in [2.05, 4.69) is 15.2 Å². The number of hydrogen-bond acceptors (Lipinski definition) is 4. The molecule has 0 saturated carbocycles. The lowest BCUT2D eigenvalue weighted by Crippen LogP contribution is -2.39. The Morgan fingerprint density at radius 1 is 1.58 bits per heavy atom. The van der Waals surface area contributed by atoms with Gasteiger partial charge in [0.05, 0.1) is 11.3 Å². The zero-order valence-electron chi connectivity index (χ0n) is 11.5. The number of carboxylic acid groups (broad SMARTS) is 1. The third kappa shape index (κ3) is 3.23. The van der Waals surface area contributed by atoms with Crippen molar-refractivity contribution in [3.63, 3.8) is 0 Å². The fourth-order valence-electron chi connectivity index (χ4n) is 2.68. The predicted molar refractivity (Wildman–Crippen MR) is 74.8 cm³/mol. The van der Waals surface area contributed by atoms with Crippen LogP contribution in [0.5, 0.6) is 0 Å². The molecule has 0 amide bonds. The van der Waals surface area contributed by atoms with Crippen LogP contribution in [0.25, 0.3) is 0 Å². The van der Waals surface area contributed by atoms with Crippen LogP contribution >= 0.6 is 0 Å². The molecule has 0 aliphatic carbocycles. The highest BCUT2D eigenvalue weighted by atomic mass is 16.4. The van der Waals surface area contributed by atoms with Crippen LogP contribution in [0.2, 0.25) is 0 Å². The number of piperidine rings is 1. The molecule has 5 heteroatoms. The maximum atomic E-state index is 11.0. The second-order valence-corrected chi connectivity index (χ2v) is 5.12. The van der Waals surface area contributed by atoms with E-state index in [1.165, 1.54) is 6.42 Å². The molecule has 1 unspecified atom stereocenters. The van der Waals surface area contributed by atoms with Gasteiger partial charge >= 0.3 is 5.97 Å². The molecule has 2 N–H and O–H groups in total. The molecule has 1 atom stereocenters. The fraction of sp³-hybridized carbons (Fsp3) is 0.571. The normalized spacial score (nSPS) is 19.5. The summed E-state index contributed by atoms with van der Waals surface area (Å²) >= 11 is 0. The Bertz CT molecular complexity index is 460. The molecule has 1 aromatic heterocycles. The van der Waals surface area contributed by atoms with Gasteiger partial charge in [-0.05, 0) is 51.4 Å². The number of carboxylic acids is 1. The first-order valence-electron chi connectivity index (χ1n) is 6.72. The number of rotatable bonds is 4. The fourth-order valence-corrected chi connectivity index (χ4v) is 2.68. The zero-order valence-corrected chi connectivity index (χ0v) is 11.5. The van der Waals surface area contributed by atoms with E-state index in [-0.39, 0.29) is 5.56 Å². The molecule has 104 valence electrons.